The van der Waals surface area contributed by atoms with Gasteiger partial charge in [0.25, 0.3) is 17.7 Å². The molecule has 0 saturated carbocycles. The number of methoxy groups -OCH3 is 1. The van der Waals surface area contributed by atoms with Crippen LogP contribution in [0.1, 0.15) is 22.3 Å². The Morgan fingerprint density at radius 3 is 2.45 bits per heavy atom. The molecule has 9 nitrogen and oxygen atoms in total. The van der Waals surface area contributed by atoms with Crippen LogP contribution in [-0.2, 0) is 14.4 Å². The van der Waals surface area contributed by atoms with Crippen LogP contribution >= 0.6 is 23.2 Å². The minimum absolute atomic E-state index is 0.0764. The summed E-state index contributed by atoms with van der Waals surface area (Å²) in [6.45, 7) is 5.23. The number of halogens is 2. The summed E-state index contributed by atoms with van der Waals surface area (Å²) in [6.07, 6.45) is 1.28. The number of nitrogens with one attached hydrogen (secondary N) is 2. The van der Waals surface area contributed by atoms with Crippen LogP contribution in [0.3, 0.4) is 0 Å². The Bertz CT molecular complexity index is 1580. The number of hydrogen-bond acceptors (Lipinski definition) is 6. The first-order valence-electron chi connectivity index (χ1n) is 12.0. The van der Waals surface area contributed by atoms with Gasteiger partial charge in [0, 0.05) is 10.7 Å². The number of anilines is 2. The van der Waals surface area contributed by atoms with Gasteiger partial charge in [-0.3, -0.25) is 19.7 Å². The first kappa shape index (κ1) is 28.7. The van der Waals surface area contributed by atoms with E-state index in [-0.39, 0.29) is 34.4 Å². The summed E-state index contributed by atoms with van der Waals surface area (Å²) in [4.78, 5) is 51.8. The van der Waals surface area contributed by atoms with Gasteiger partial charge >= 0.3 is 6.03 Å². The molecular weight excluding hydrogens is 557 g/mol. The zero-order valence-corrected chi connectivity index (χ0v) is 23.6. The van der Waals surface area contributed by atoms with Gasteiger partial charge < -0.3 is 14.8 Å². The fraction of sp³-hybridized carbons (Fsp3) is 0.172. The smallest absolute Gasteiger partial charge is 0.335 e. The number of urea groups is 1. The van der Waals surface area contributed by atoms with Crippen molar-refractivity contribution in [1.82, 2.24) is 5.32 Å². The minimum atomic E-state index is -0.893. The van der Waals surface area contributed by atoms with Crippen molar-refractivity contribution >= 4 is 64.4 Å². The normalized spacial score (nSPS) is 14.3. The molecule has 1 aliphatic heterocycles. The average molecular weight is 582 g/mol. The molecule has 0 aromatic heterocycles. The number of ether oxygens (including phenoxy) is 2. The first-order chi connectivity index (χ1) is 19.0. The molecule has 3 aromatic rings. The van der Waals surface area contributed by atoms with Crippen molar-refractivity contribution < 1.29 is 28.7 Å². The maximum absolute atomic E-state index is 13.3. The molecule has 1 aliphatic rings. The van der Waals surface area contributed by atoms with Crippen molar-refractivity contribution in [2.45, 2.75) is 20.8 Å². The summed E-state index contributed by atoms with van der Waals surface area (Å²) in [6, 6.07) is 12.4. The SMILES string of the molecule is COc1cc(/C=C2/C(=O)NC(=O)N(c3cccc(Cl)c3C)C2=O)cc(Cl)c1OCC(=O)Nc1ccc(C)c(C)c1. The standard InChI is InChI=1S/C29H25Cl2N3O6/c1-15-8-9-19(10-16(15)2)32-25(35)14-40-26-22(31)12-18(13-24(26)39-4)11-20-27(36)33-29(38)34(28(20)37)23-7-5-6-21(30)17(23)3/h5-13H,14H2,1-4H3,(H,32,35)(H,33,36,38)/b20-11-. The highest BCUT2D eigenvalue weighted by molar-refractivity contribution is 6.40. The second-order valence-electron chi connectivity index (χ2n) is 9.01. The van der Waals surface area contributed by atoms with Gasteiger partial charge in [-0.05, 0) is 85.5 Å². The van der Waals surface area contributed by atoms with E-state index in [0.29, 0.717) is 21.8 Å². The number of amides is 5. The second-order valence-corrected chi connectivity index (χ2v) is 9.83. The van der Waals surface area contributed by atoms with Crippen molar-refractivity contribution in [3.05, 3.63) is 86.4 Å². The molecule has 0 unspecified atom stereocenters. The third-order valence-corrected chi connectivity index (χ3v) is 6.97. The van der Waals surface area contributed by atoms with E-state index in [9.17, 15) is 19.2 Å². The summed E-state index contributed by atoms with van der Waals surface area (Å²) >= 11 is 12.6. The molecule has 11 heteroatoms. The largest absolute Gasteiger partial charge is 0.493 e. The number of imide groups is 2. The Kier molecular flexibility index (Phi) is 8.46. The van der Waals surface area contributed by atoms with E-state index in [0.717, 1.165) is 16.0 Å². The monoisotopic (exact) mass is 581 g/mol. The fourth-order valence-corrected chi connectivity index (χ4v) is 4.44. The molecule has 1 heterocycles. The lowest BCUT2D eigenvalue weighted by Crippen LogP contribution is -2.54. The van der Waals surface area contributed by atoms with E-state index in [2.05, 4.69) is 10.6 Å². The molecule has 0 radical (unpaired) electrons. The van der Waals surface area contributed by atoms with E-state index in [1.165, 1.54) is 25.3 Å². The summed E-state index contributed by atoms with van der Waals surface area (Å²) < 4.78 is 11.0. The van der Waals surface area contributed by atoms with E-state index in [1.807, 2.05) is 26.0 Å². The number of barbiturate groups is 1. The van der Waals surface area contributed by atoms with Crippen LogP contribution in [0.25, 0.3) is 6.08 Å². The summed E-state index contributed by atoms with van der Waals surface area (Å²) in [5.41, 5.74) is 3.53. The van der Waals surface area contributed by atoms with E-state index < -0.39 is 23.8 Å². The summed E-state index contributed by atoms with van der Waals surface area (Å²) in [7, 11) is 1.38. The number of carbonyl (C=O) groups excluding carboxylic acids is 4. The van der Waals surface area contributed by atoms with Gasteiger partial charge in [-0.25, -0.2) is 9.69 Å². The molecule has 1 saturated heterocycles. The quantitative estimate of drug-likeness (QED) is 0.277. The maximum Gasteiger partial charge on any atom is 0.335 e. The van der Waals surface area contributed by atoms with Crippen LogP contribution in [0.4, 0.5) is 16.2 Å². The third-order valence-electron chi connectivity index (χ3n) is 6.28. The highest BCUT2D eigenvalue weighted by Gasteiger charge is 2.37. The second kappa shape index (κ2) is 11.8. The molecule has 4 rings (SSSR count). The van der Waals surface area contributed by atoms with Crippen molar-refractivity contribution in [3.63, 3.8) is 0 Å². The van der Waals surface area contributed by atoms with Gasteiger partial charge in [-0.15, -0.1) is 0 Å². The van der Waals surface area contributed by atoms with Gasteiger partial charge in [0.15, 0.2) is 18.1 Å². The Hall–Kier alpha value is -4.34. The van der Waals surface area contributed by atoms with Crippen LogP contribution in [-0.4, -0.2) is 37.5 Å². The average Bonchev–Trinajstić information content (AvgIpc) is 2.90. The number of nitrogens with zero attached hydrogens (tertiary/aromatic N) is 1. The molecular formula is C29H25Cl2N3O6. The Morgan fingerprint density at radius 1 is 1.00 bits per heavy atom. The van der Waals surface area contributed by atoms with Crippen molar-refractivity contribution in [3.8, 4) is 11.5 Å². The van der Waals surface area contributed by atoms with Crippen LogP contribution in [0.15, 0.2) is 54.1 Å². The summed E-state index contributed by atoms with van der Waals surface area (Å²) in [5.74, 6) is -1.84. The predicted octanol–water partition coefficient (Wildman–Crippen LogP) is 5.61. The van der Waals surface area contributed by atoms with Gasteiger partial charge in [-0.1, -0.05) is 35.3 Å². The first-order valence-corrected chi connectivity index (χ1v) is 12.8. The van der Waals surface area contributed by atoms with Gasteiger partial charge in [0.2, 0.25) is 0 Å². The molecule has 0 aliphatic carbocycles. The number of rotatable bonds is 7. The van der Waals surface area contributed by atoms with E-state index in [4.69, 9.17) is 32.7 Å². The van der Waals surface area contributed by atoms with Crippen LogP contribution in [0.2, 0.25) is 10.0 Å². The number of benzene rings is 3. The highest BCUT2D eigenvalue weighted by Crippen LogP contribution is 2.37. The topological polar surface area (TPSA) is 114 Å². The van der Waals surface area contributed by atoms with E-state index in [1.54, 1.807) is 31.2 Å². The maximum atomic E-state index is 13.3. The molecule has 3 aromatic carbocycles. The van der Waals surface area contributed by atoms with Crippen LogP contribution < -0.4 is 25.0 Å². The number of aryl methyl sites for hydroxylation is 2. The van der Waals surface area contributed by atoms with E-state index >= 15 is 0 Å². The predicted molar refractivity (Wildman–Crippen MR) is 153 cm³/mol. The third kappa shape index (κ3) is 5.95. The van der Waals surface area contributed by atoms with Gasteiger partial charge in [0.05, 0.1) is 17.8 Å². The summed E-state index contributed by atoms with van der Waals surface area (Å²) in [5, 5.41) is 5.37. The van der Waals surface area contributed by atoms with Crippen molar-refractivity contribution in [2.75, 3.05) is 23.9 Å². The molecule has 0 bridgehead atoms. The van der Waals surface area contributed by atoms with Crippen LogP contribution in [0, 0.1) is 20.8 Å². The lowest BCUT2D eigenvalue weighted by atomic mass is 10.1. The zero-order valence-electron chi connectivity index (χ0n) is 22.1. The molecule has 0 atom stereocenters. The Labute approximate surface area is 240 Å². The highest BCUT2D eigenvalue weighted by atomic mass is 35.5. The molecule has 5 amide bonds. The van der Waals surface area contributed by atoms with Crippen molar-refractivity contribution in [2.24, 2.45) is 0 Å². The number of carbonyl (C=O) groups is 4. The molecule has 0 spiro atoms. The van der Waals surface area contributed by atoms with Crippen molar-refractivity contribution in [1.29, 1.82) is 0 Å². The molecule has 2 N–H and O–H groups in total. The minimum Gasteiger partial charge on any atom is -0.493 e. The Balaban J connectivity index is 1.57. The lowest BCUT2D eigenvalue weighted by molar-refractivity contribution is -0.122. The van der Waals surface area contributed by atoms with Crippen LogP contribution in [0.5, 0.6) is 11.5 Å². The lowest BCUT2D eigenvalue weighted by Gasteiger charge is -2.27. The van der Waals surface area contributed by atoms with Gasteiger partial charge in [-0.2, -0.15) is 0 Å². The Morgan fingerprint density at radius 2 is 1.75 bits per heavy atom. The molecule has 40 heavy (non-hydrogen) atoms. The zero-order chi connectivity index (χ0) is 29.1. The molecule has 1 fully saturated rings. The fourth-order valence-electron chi connectivity index (χ4n) is 4.00. The van der Waals surface area contributed by atoms with Gasteiger partial charge in [0.1, 0.15) is 5.57 Å². The molecule has 206 valence electrons. The number of hydrogen-bond donors (Lipinski definition) is 2.